The third-order valence-electron chi connectivity index (χ3n) is 5.98. The number of nitrogens with one attached hydrogen (secondary N) is 2. The van der Waals surface area contributed by atoms with Crippen molar-refractivity contribution >= 4 is 23.2 Å². The van der Waals surface area contributed by atoms with Gasteiger partial charge in [0.2, 0.25) is 5.91 Å². The van der Waals surface area contributed by atoms with Crippen molar-refractivity contribution in [1.29, 1.82) is 0 Å². The Balaban J connectivity index is 1.47. The minimum absolute atomic E-state index is 0.0485. The van der Waals surface area contributed by atoms with Crippen LogP contribution in [0.1, 0.15) is 34.8 Å². The van der Waals surface area contributed by atoms with E-state index < -0.39 is 0 Å². The zero-order chi connectivity index (χ0) is 23.9. The molecule has 0 aromatic heterocycles. The maximum atomic E-state index is 13.0. The number of nitrogens with zero attached hydrogens (tertiary/aromatic N) is 1. The standard InChI is InChI=1S/C27H29N3O4/c1-33-20-14-15-25(34-2)22(17-20)24-13-8-16-30(24)18-26(31)29-23-12-7-6-11-21(23)27(32)28-19-9-4-3-5-10-19/h3-7,9-12,14-15,17,24H,8,13,16,18H2,1-2H3,(H,28,32)(H,29,31). The molecule has 1 aliphatic heterocycles. The number of benzene rings is 3. The Hall–Kier alpha value is -3.84. The molecule has 2 amide bonds. The van der Waals surface area contributed by atoms with E-state index in [1.807, 2.05) is 48.5 Å². The number of rotatable bonds is 8. The summed E-state index contributed by atoms with van der Waals surface area (Å²) in [4.78, 5) is 28.0. The number of hydrogen-bond donors (Lipinski definition) is 2. The zero-order valence-corrected chi connectivity index (χ0v) is 19.4. The van der Waals surface area contributed by atoms with Crippen LogP contribution in [0.15, 0.2) is 72.8 Å². The molecule has 34 heavy (non-hydrogen) atoms. The van der Waals surface area contributed by atoms with Crippen LogP contribution >= 0.6 is 0 Å². The van der Waals surface area contributed by atoms with Gasteiger partial charge in [0.25, 0.3) is 5.91 Å². The van der Waals surface area contributed by atoms with Crippen LogP contribution < -0.4 is 20.1 Å². The van der Waals surface area contributed by atoms with Gasteiger partial charge in [-0.05, 0) is 61.9 Å². The lowest BCUT2D eigenvalue weighted by molar-refractivity contribution is -0.117. The van der Waals surface area contributed by atoms with Crippen LogP contribution in [0.25, 0.3) is 0 Å². The number of anilines is 2. The number of carbonyl (C=O) groups excluding carboxylic acids is 2. The van der Waals surface area contributed by atoms with Crippen LogP contribution in [0.4, 0.5) is 11.4 Å². The summed E-state index contributed by atoms with van der Waals surface area (Å²) in [6.07, 6.45) is 1.90. The molecule has 1 saturated heterocycles. The summed E-state index contributed by atoms with van der Waals surface area (Å²) in [5.74, 6) is 1.09. The number of hydrogen-bond acceptors (Lipinski definition) is 5. The predicted octanol–water partition coefficient (Wildman–Crippen LogP) is 4.73. The molecule has 1 unspecified atom stereocenters. The number of methoxy groups -OCH3 is 2. The van der Waals surface area contributed by atoms with Crippen LogP contribution in [-0.4, -0.2) is 44.0 Å². The SMILES string of the molecule is COc1ccc(OC)c(C2CCCN2CC(=O)Nc2ccccc2C(=O)Nc2ccccc2)c1. The summed E-state index contributed by atoms with van der Waals surface area (Å²) in [5.41, 5.74) is 2.60. The maximum Gasteiger partial charge on any atom is 0.257 e. The van der Waals surface area contributed by atoms with Crippen molar-refractivity contribution in [1.82, 2.24) is 4.90 Å². The fourth-order valence-electron chi connectivity index (χ4n) is 4.35. The van der Waals surface area contributed by atoms with E-state index in [0.717, 1.165) is 36.4 Å². The second kappa shape index (κ2) is 10.9. The van der Waals surface area contributed by atoms with Crippen LogP contribution in [0.3, 0.4) is 0 Å². The van der Waals surface area contributed by atoms with E-state index in [1.165, 1.54) is 0 Å². The smallest absolute Gasteiger partial charge is 0.257 e. The Morgan fingerprint density at radius 1 is 0.941 bits per heavy atom. The average molecular weight is 460 g/mol. The minimum Gasteiger partial charge on any atom is -0.497 e. The molecule has 1 atom stereocenters. The fourth-order valence-corrected chi connectivity index (χ4v) is 4.35. The van der Waals surface area contributed by atoms with Crippen molar-refractivity contribution in [2.24, 2.45) is 0 Å². The molecule has 3 aromatic rings. The molecule has 1 heterocycles. The molecule has 0 bridgehead atoms. The van der Waals surface area contributed by atoms with Gasteiger partial charge in [-0.15, -0.1) is 0 Å². The first-order chi connectivity index (χ1) is 16.6. The van der Waals surface area contributed by atoms with E-state index in [0.29, 0.717) is 16.9 Å². The number of amides is 2. The molecule has 0 saturated carbocycles. The van der Waals surface area contributed by atoms with Crippen LogP contribution in [-0.2, 0) is 4.79 Å². The molecule has 4 rings (SSSR count). The molecule has 3 aromatic carbocycles. The molecule has 2 N–H and O–H groups in total. The van der Waals surface area contributed by atoms with Gasteiger partial charge in [-0.3, -0.25) is 14.5 Å². The number of carbonyl (C=O) groups is 2. The van der Waals surface area contributed by atoms with Gasteiger partial charge in [-0.2, -0.15) is 0 Å². The normalized spacial score (nSPS) is 15.5. The Labute approximate surface area is 199 Å². The van der Waals surface area contributed by atoms with E-state index in [9.17, 15) is 9.59 Å². The predicted molar refractivity (Wildman–Crippen MR) is 133 cm³/mol. The van der Waals surface area contributed by atoms with Crippen LogP contribution in [0.5, 0.6) is 11.5 Å². The van der Waals surface area contributed by atoms with Gasteiger partial charge in [0.1, 0.15) is 11.5 Å². The number of ether oxygens (including phenoxy) is 2. The summed E-state index contributed by atoms with van der Waals surface area (Å²) < 4.78 is 11.0. The molecular weight excluding hydrogens is 430 g/mol. The first kappa shape index (κ1) is 23.3. The Morgan fingerprint density at radius 2 is 1.71 bits per heavy atom. The highest BCUT2D eigenvalue weighted by molar-refractivity contribution is 6.10. The van der Waals surface area contributed by atoms with Crippen molar-refractivity contribution in [2.75, 3.05) is 37.9 Å². The van der Waals surface area contributed by atoms with Gasteiger partial charge in [-0.25, -0.2) is 0 Å². The second-order valence-corrected chi connectivity index (χ2v) is 8.15. The summed E-state index contributed by atoms with van der Waals surface area (Å²) in [6, 6.07) is 22.0. The third kappa shape index (κ3) is 5.38. The summed E-state index contributed by atoms with van der Waals surface area (Å²) in [6.45, 7) is 1.01. The fraction of sp³-hybridized carbons (Fsp3) is 0.259. The first-order valence-corrected chi connectivity index (χ1v) is 11.3. The van der Waals surface area contributed by atoms with Crippen molar-refractivity contribution in [3.63, 3.8) is 0 Å². The molecule has 0 spiro atoms. The molecule has 7 nitrogen and oxygen atoms in total. The van der Waals surface area contributed by atoms with Crippen molar-refractivity contribution in [2.45, 2.75) is 18.9 Å². The van der Waals surface area contributed by atoms with Crippen LogP contribution in [0.2, 0.25) is 0 Å². The Bertz CT molecular complexity index is 1150. The van der Waals surface area contributed by atoms with Gasteiger partial charge in [0.15, 0.2) is 0 Å². The molecule has 176 valence electrons. The molecular formula is C27H29N3O4. The summed E-state index contributed by atoms with van der Waals surface area (Å²) in [7, 11) is 3.28. The zero-order valence-electron chi connectivity index (χ0n) is 19.4. The van der Waals surface area contributed by atoms with E-state index in [-0.39, 0.29) is 24.4 Å². The molecule has 7 heteroatoms. The number of para-hydroxylation sites is 2. The lowest BCUT2D eigenvalue weighted by Crippen LogP contribution is -2.33. The van der Waals surface area contributed by atoms with Gasteiger partial charge in [-0.1, -0.05) is 30.3 Å². The summed E-state index contributed by atoms with van der Waals surface area (Å²) in [5, 5.41) is 5.80. The Morgan fingerprint density at radius 3 is 2.47 bits per heavy atom. The van der Waals surface area contributed by atoms with E-state index in [1.54, 1.807) is 38.5 Å². The lowest BCUT2D eigenvalue weighted by Gasteiger charge is -2.26. The molecule has 0 aliphatic carbocycles. The summed E-state index contributed by atoms with van der Waals surface area (Å²) >= 11 is 0. The molecule has 1 aliphatic rings. The van der Waals surface area contributed by atoms with E-state index >= 15 is 0 Å². The van der Waals surface area contributed by atoms with Crippen molar-refractivity contribution < 1.29 is 19.1 Å². The van der Waals surface area contributed by atoms with Gasteiger partial charge in [0, 0.05) is 17.3 Å². The quantitative estimate of drug-likeness (QED) is 0.509. The van der Waals surface area contributed by atoms with Crippen LogP contribution in [0, 0.1) is 0 Å². The molecule has 0 radical (unpaired) electrons. The minimum atomic E-state index is -0.276. The third-order valence-corrected chi connectivity index (χ3v) is 5.98. The van der Waals surface area contributed by atoms with Crippen molar-refractivity contribution in [3.8, 4) is 11.5 Å². The second-order valence-electron chi connectivity index (χ2n) is 8.15. The monoisotopic (exact) mass is 459 g/mol. The highest BCUT2D eigenvalue weighted by Crippen LogP contribution is 2.38. The Kier molecular flexibility index (Phi) is 7.44. The highest BCUT2D eigenvalue weighted by Gasteiger charge is 2.30. The first-order valence-electron chi connectivity index (χ1n) is 11.3. The van der Waals surface area contributed by atoms with Crippen molar-refractivity contribution in [3.05, 3.63) is 83.9 Å². The van der Waals surface area contributed by atoms with E-state index in [4.69, 9.17) is 9.47 Å². The van der Waals surface area contributed by atoms with E-state index in [2.05, 4.69) is 15.5 Å². The van der Waals surface area contributed by atoms with Gasteiger partial charge < -0.3 is 20.1 Å². The number of likely N-dealkylation sites (tertiary alicyclic amines) is 1. The molecule has 1 fully saturated rings. The largest absolute Gasteiger partial charge is 0.497 e. The maximum absolute atomic E-state index is 13.0. The van der Waals surface area contributed by atoms with Gasteiger partial charge in [0.05, 0.1) is 32.0 Å². The highest BCUT2D eigenvalue weighted by atomic mass is 16.5. The average Bonchev–Trinajstić information content (AvgIpc) is 3.32. The van der Waals surface area contributed by atoms with Gasteiger partial charge >= 0.3 is 0 Å². The lowest BCUT2D eigenvalue weighted by atomic mass is 10.0. The topological polar surface area (TPSA) is 79.9 Å².